The van der Waals surface area contributed by atoms with Crippen LogP contribution in [0.1, 0.15) is 18.0 Å². The van der Waals surface area contributed by atoms with Gasteiger partial charge < -0.3 is 9.47 Å². The van der Waals surface area contributed by atoms with Crippen LogP contribution in [0.5, 0.6) is 0 Å². The van der Waals surface area contributed by atoms with Crippen LogP contribution in [-0.2, 0) is 6.54 Å². The lowest BCUT2D eigenvalue weighted by Crippen LogP contribution is -2.47. The van der Waals surface area contributed by atoms with Crippen LogP contribution in [-0.4, -0.2) is 27.9 Å². The van der Waals surface area contributed by atoms with E-state index in [1.54, 1.807) is 12.1 Å². The van der Waals surface area contributed by atoms with E-state index in [0.717, 1.165) is 37.6 Å². The molecule has 6 heteroatoms. The molecule has 0 N–H and O–H groups in total. The predicted octanol–water partition coefficient (Wildman–Crippen LogP) is 1.92. The summed E-state index contributed by atoms with van der Waals surface area (Å²) in [7, 11) is 0. The third kappa shape index (κ3) is 2.21. The Balaban J connectivity index is 1.68. The number of rotatable bonds is 1. The zero-order valence-electron chi connectivity index (χ0n) is 11.4. The molecule has 0 saturated carbocycles. The highest BCUT2D eigenvalue weighted by Gasteiger charge is 2.34. The molecular weight excluding hydrogens is 288 g/mol. The van der Waals surface area contributed by atoms with Gasteiger partial charge in [-0.1, -0.05) is 17.7 Å². The van der Waals surface area contributed by atoms with Crippen molar-refractivity contribution in [2.45, 2.75) is 18.9 Å². The van der Waals surface area contributed by atoms with Crippen molar-refractivity contribution in [3.63, 3.8) is 0 Å². The highest BCUT2D eigenvalue weighted by atomic mass is 35.5. The number of anilines is 1. The van der Waals surface area contributed by atoms with Crippen LogP contribution in [0.3, 0.4) is 0 Å². The molecule has 2 aliphatic heterocycles. The lowest BCUT2D eigenvalue weighted by molar-refractivity contribution is 0.280. The van der Waals surface area contributed by atoms with E-state index >= 15 is 0 Å². The second-order valence-electron chi connectivity index (χ2n) is 5.82. The first kappa shape index (κ1) is 12.8. The molecular formula is C15H15ClN4O. The molecule has 1 fully saturated rings. The summed E-state index contributed by atoms with van der Waals surface area (Å²) in [5.74, 6) is 1.72. The zero-order valence-corrected chi connectivity index (χ0v) is 12.2. The first-order valence-corrected chi connectivity index (χ1v) is 7.52. The molecule has 2 aromatic rings. The average molecular weight is 303 g/mol. The van der Waals surface area contributed by atoms with E-state index in [1.807, 2.05) is 16.7 Å². The van der Waals surface area contributed by atoms with Gasteiger partial charge in [-0.25, -0.2) is 0 Å². The number of hydrogen-bond donors (Lipinski definition) is 0. The minimum absolute atomic E-state index is 0.113. The number of pyridine rings is 1. The van der Waals surface area contributed by atoms with E-state index in [9.17, 15) is 4.79 Å². The summed E-state index contributed by atoms with van der Waals surface area (Å²) in [6, 6.07) is 9.25. The van der Waals surface area contributed by atoms with Crippen molar-refractivity contribution < 1.29 is 0 Å². The molecule has 21 heavy (non-hydrogen) atoms. The summed E-state index contributed by atoms with van der Waals surface area (Å²) < 4.78 is 1.93. The van der Waals surface area contributed by atoms with E-state index in [4.69, 9.17) is 11.6 Å². The van der Waals surface area contributed by atoms with Crippen molar-refractivity contribution in [2.24, 2.45) is 5.92 Å². The first-order valence-electron chi connectivity index (χ1n) is 7.14. The second kappa shape index (κ2) is 4.84. The molecule has 0 spiro atoms. The van der Waals surface area contributed by atoms with Gasteiger partial charge in [0.2, 0.25) is 0 Å². The van der Waals surface area contributed by atoms with Crippen LogP contribution in [0.25, 0.3) is 0 Å². The van der Waals surface area contributed by atoms with Crippen LogP contribution < -0.4 is 10.5 Å². The number of piperidine rings is 1. The zero-order chi connectivity index (χ0) is 14.4. The minimum Gasteiger partial charge on any atom is -0.354 e. The van der Waals surface area contributed by atoms with Crippen LogP contribution in [0.2, 0.25) is 5.15 Å². The fourth-order valence-electron chi connectivity index (χ4n) is 3.56. The maximum absolute atomic E-state index is 12.0. The fourth-order valence-corrected chi connectivity index (χ4v) is 3.66. The van der Waals surface area contributed by atoms with Gasteiger partial charge in [-0.3, -0.25) is 4.79 Å². The summed E-state index contributed by atoms with van der Waals surface area (Å²) in [6.07, 6.45) is 1.14. The van der Waals surface area contributed by atoms with E-state index in [1.165, 1.54) is 0 Å². The highest BCUT2D eigenvalue weighted by Crippen LogP contribution is 2.36. The predicted molar refractivity (Wildman–Crippen MR) is 80.8 cm³/mol. The number of fused-ring (bicyclic) bond motifs is 4. The van der Waals surface area contributed by atoms with Gasteiger partial charge in [-0.05, 0) is 30.5 Å². The molecule has 2 aromatic heterocycles. The van der Waals surface area contributed by atoms with Crippen LogP contribution in [0, 0.1) is 5.92 Å². The summed E-state index contributed by atoms with van der Waals surface area (Å²) >= 11 is 5.80. The molecule has 2 unspecified atom stereocenters. The van der Waals surface area contributed by atoms with E-state index in [0.29, 0.717) is 17.0 Å². The van der Waals surface area contributed by atoms with Crippen molar-refractivity contribution >= 4 is 17.4 Å². The Morgan fingerprint density at radius 1 is 1.10 bits per heavy atom. The monoisotopic (exact) mass is 302 g/mol. The molecule has 2 bridgehead atoms. The maximum atomic E-state index is 12.0. The van der Waals surface area contributed by atoms with Crippen molar-refractivity contribution in [3.8, 4) is 0 Å². The van der Waals surface area contributed by atoms with Crippen LogP contribution in [0.4, 0.5) is 5.82 Å². The van der Waals surface area contributed by atoms with Gasteiger partial charge in [0.05, 0.1) is 0 Å². The van der Waals surface area contributed by atoms with Crippen molar-refractivity contribution in [1.29, 1.82) is 0 Å². The molecule has 0 aromatic carbocycles. The first-order chi connectivity index (χ1) is 10.2. The summed E-state index contributed by atoms with van der Waals surface area (Å²) in [5.41, 5.74) is 1.26. The van der Waals surface area contributed by atoms with Gasteiger partial charge in [0.1, 0.15) is 0 Å². The lowest BCUT2D eigenvalue weighted by Gasteiger charge is -2.43. The molecule has 4 rings (SSSR count). The second-order valence-corrected chi connectivity index (χ2v) is 6.20. The average Bonchev–Trinajstić information content (AvgIpc) is 2.49. The largest absolute Gasteiger partial charge is 0.354 e. The Morgan fingerprint density at radius 2 is 2.00 bits per heavy atom. The fraction of sp³-hybridized carbons (Fsp3) is 0.400. The highest BCUT2D eigenvalue weighted by molar-refractivity contribution is 6.29. The van der Waals surface area contributed by atoms with E-state index in [2.05, 4.69) is 21.2 Å². The van der Waals surface area contributed by atoms with Gasteiger partial charge in [-0.2, -0.15) is 0 Å². The molecule has 5 nitrogen and oxygen atoms in total. The van der Waals surface area contributed by atoms with E-state index in [-0.39, 0.29) is 5.56 Å². The van der Waals surface area contributed by atoms with Crippen molar-refractivity contribution in [1.82, 2.24) is 14.8 Å². The summed E-state index contributed by atoms with van der Waals surface area (Å²) in [5, 5.41) is 8.51. The molecule has 0 amide bonds. The Hall–Kier alpha value is -1.88. The molecule has 1 saturated heterocycles. The number of halogens is 1. The van der Waals surface area contributed by atoms with Gasteiger partial charge in [0.15, 0.2) is 11.0 Å². The summed E-state index contributed by atoms with van der Waals surface area (Å²) in [4.78, 5) is 14.2. The van der Waals surface area contributed by atoms with Gasteiger partial charge in [0.25, 0.3) is 5.56 Å². The Bertz CT molecular complexity index is 727. The third-order valence-electron chi connectivity index (χ3n) is 4.42. The third-order valence-corrected chi connectivity index (χ3v) is 4.62. The minimum atomic E-state index is 0.113. The molecule has 2 aliphatic rings. The SMILES string of the molecule is O=c1cccc2n1CC1CC2CN(c2ccc(Cl)nn2)C1. The van der Waals surface area contributed by atoms with E-state index < -0.39 is 0 Å². The Morgan fingerprint density at radius 3 is 2.81 bits per heavy atom. The van der Waals surface area contributed by atoms with Crippen molar-refractivity contribution in [2.75, 3.05) is 18.0 Å². The molecule has 0 radical (unpaired) electrons. The summed E-state index contributed by atoms with van der Waals surface area (Å²) in [6.45, 7) is 2.58. The van der Waals surface area contributed by atoms with Gasteiger partial charge >= 0.3 is 0 Å². The maximum Gasteiger partial charge on any atom is 0.250 e. The smallest absolute Gasteiger partial charge is 0.250 e. The molecule has 0 aliphatic carbocycles. The van der Waals surface area contributed by atoms with Gasteiger partial charge in [0, 0.05) is 37.3 Å². The lowest BCUT2D eigenvalue weighted by atomic mass is 9.83. The van der Waals surface area contributed by atoms with Crippen LogP contribution in [0.15, 0.2) is 35.1 Å². The quantitative estimate of drug-likeness (QED) is 0.807. The Labute approximate surface area is 127 Å². The number of hydrogen-bond acceptors (Lipinski definition) is 4. The normalized spacial score (nSPS) is 23.8. The number of aromatic nitrogens is 3. The molecule has 108 valence electrons. The molecule has 2 atom stereocenters. The molecule has 4 heterocycles. The number of nitrogens with zero attached hydrogens (tertiary/aromatic N) is 4. The standard InChI is InChI=1S/C15H15ClN4O/c16-13-4-5-14(18-17-13)19-7-10-6-11(9-19)12-2-1-3-15(21)20(12)8-10/h1-5,10-11H,6-9H2. The van der Waals surface area contributed by atoms with Crippen molar-refractivity contribution in [3.05, 3.63) is 51.5 Å². The van der Waals surface area contributed by atoms with Crippen LogP contribution >= 0.6 is 11.6 Å². The van der Waals surface area contributed by atoms with Gasteiger partial charge in [-0.15, -0.1) is 10.2 Å². The topological polar surface area (TPSA) is 51.0 Å². The Kier molecular flexibility index (Phi) is 2.96.